The zero-order valence-electron chi connectivity index (χ0n) is 11.3. The highest BCUT2D eigenvalue weighted by Gasteiger charge is 2.13. The Morgan fingerprint density at radius 1 is 1.32 bits per heavy atom. The highest BCUT2D eigenvalue weighted by atomic mass is 16.4. The molecule has 6 heteroatoms. The predicted molar refractivity (Wildman–Crippen MR) is 70.2 cm³/mol. The minimum Gasteiger partial charge on any atom is -0.478 e. The third kappa shape index (κ3) is 5.03. The number of carboxylic acid groups (broad SMARTS) is 1. The summed E-state index contributed by atoms with van der Waals surface area (Å²) >= 11 is 0. The van der Waals surface area contributed by atoms with Gasteiger partial charge in [0.1, 0.15) is 17.1 Å². The summed E-state index contributed by atoms with van der Waals surface area (Å²) < 4.78 is 5.25. The maximum atomic E-state index is 11.4. The van der Waals surface area contributed by atoms with Gasteiger partial charge in [-0.3, -0.25) is 0 Å². The van der Waals surface area contributed by atoms with Gasteiger partial charge in [0.2, 0.25) is 0 Å². The maximum Gasteiger partial charge on any atom is 0.339 e. The third-order valence-electron chi connectivity index (χ3n) is 2.69. The third-order valence-corrected chi connectivity index (χ3v) is 2.69. The van der Waals surface area contributed by atoms with E-state index in [2.05, 4.69) is 17.6 Å². The fourth-order valence-electron chi connectivity index (χ4n) is 1.65. The number of amides is 2. The summed E-state index contributed by atoms with van der Waals surface area (Å²) in [6, 6.07) is 1.15. The number of hydrogen-bond acceptors (Lipinski definition) is 3. The Balaban J connectivity index is 2.34. The highest BCUT2D eigenvalue weighted by Crippen LogP contribution is 2.14. The second-order valence-electron chi connectivity index (χ2n) is 4.30. The molecule has 1 heterocycles. The van der Waals surface area contributed by atoms with Crippen LogP contribution in [0.1, 0.15) is 48.1 Å². The van der Waals surface area contributed by atoms with Crippen LogP contribution in [-0.2, 0) is 6.54 Å². The minimum atomic E-state index is -1.03. The van der Waals surface area contributed by atoms with Crippen molar-refractivity contribution in [3.63, 3.8) is 0 Å². The molecule has 3 N–H and O–H groups in total. The van der Waals surface area contributed by atoms with Crippen LogP contribution < -0.4 is 10.6 Å². The van der Waals surface area contributed by atoms with E-state index in [1.165, 1.54) is 6.07 Å². The molecule has 0 saturated carbocycles. The van der Waals surface area contributed by atoms with E-state index in [9.17, 15) is 9.59 Å². The van der Waals surface area contributed by atoms with Crippen molar-refractivity contribution >= 4 is 12.0 Å². The molecule has 0 fully saturated rings. The molecule has 0 unspecified atom stereocenters. The molecule has 0 aliphatic carbocycles. The lowest BCUT2D eigenvalue weighted by atomic mass is 10.2. The Morgan fingerprint density at radius 2 is 2.05 bits per heavy atom. The van der Waals surface area contributed by atoms with E-state index in [4.69, 9.17) is 9.52 Å². The van der Waals surface area contributed by atoms with Gasteiger partial charge in [-0.05, 0) is 19.4 Å². The Bertz CT molecular complexity index is 440. The van der Waals surface area contributed by atoms with Crippen molar-refractivity contribution in [3.8, 4) is 0 Å². The molecule has 6 nitrogen and oxygen atoms in total. The van der Waals surface area contributed by atoms with Gasteiger partial charge >= 0.3 is 12.0 Å². The van der Waals surface area contributed by atoms with Gasteiger partial charge in [-0.1, -0.05) is 19.8 Å². The van der Waals surface area contributed by atoms with Crippen LogP contribution in [0.25, 0.3) is 0 Å². The summed E-state index contributed by atoms with van der Waals surface area (Å²) in [4.78, 5) is 22.2. The van der Waals surface area contributed by atoms with Crippen molar-refractivity contribution in [2.75, 3.05) is 6.54 Å². The van der Waals surface area contributed by atoms with Crippen molar-refractivity contribution < 1.29 is 19.1 Å². The van der Waals surface area contributed by atoms with Gasteiger partial charge < -0.3 is 20.2 Å². The average Bonchev–Trinajstić information content (AvgIpc) is 2.74. The lowest BCUT2D eigenvalue weighted by Gasteiger charge is -2.05. The first-order chi connectivity index (χ1) is 9.04. The van der Waals surface area contributed by atoms with Crippen LogP contribution in [0.2, 0.25) is 0 Å². The van der Waals surface area contributed by atoms with Crippen molar-refractivity contribution in [2.24, 2.45) is 0 Å². The van der Waals surface area contributed by atoms with E-state index in [1.54, 1.807) is 6.92 Å². The molecule has 1 aromatic rings. The number of carboxylic acids is 1. The Morgan fingerprint density at radius 3 is 2.63 bits per heavy atom. The van der Waals surface area contributed by atoms with Crippen molar-refractivity contribution in [3.05, 3.63) is 23.2 Å². The Kier molecular flexibility index (Phi) is 5.92. The number of hydrogen-bond donors (Lipinski definition) is 3. The zero-order valence-corrected chi connectivity index (χ0v) is 11.3. The minimum absolute atomic E-state index is 0.125. The predicted octanol–water partition coefficient (Wildman–Crippen LogP) is 2.28. The first kappa shape index (κ1) is 15.1. The van der Waals surface area contributed by atoms with E-state index in [1.807, 2.05) is 0 Å². The second-order valence-corrected chi connectivity index (χ2v) is 4.30. The first-order valence-corrected chi connectivity index (χ1v) is 6.39. The topological polar surface area (TPSA) is 91.6 Å². The van der Waals surface area contributed by atoms with Gasteiger partial charge in [-0.25, -0.2) is 9.59 Å². The van der Waals surface area contributed by atoms with Crippen LogP contribution in [-0.4, -0.2) is 23.7 Å². The van der Waals surface area contributed by atoms with Crippen LogP contribution >= 0.6 is 0 Å². The van der Waals surface area contributed by atoms with E-state index in [0.717, 1.165) is 19.3 Å². The molecule has 0 spiro atoms. The molecule has 0 bridgehead atoms. The smallest absolute Gasteiger partial charge is 0.339 e. The Hall–Kier alpha value is -1.98. The van der Waals surface area contributed by atoms with Crippen LogP contribution in [0, 0.1) is 6.92 Å². The van der Waals surface area contributed by atoms with Crippen molar-refractivity contribution in [1.29, 1.82) is 0 Å². The van der Waals surface area contributed by atoms with Crippen LogP contribution in [0.3, 0.4) is 0 Å². The number of nitrogens with one attached hydrogen (secondary N) is 2. The SMILES string of the molecule is CCCCCNC(=O)NCc1cc(C(=O)O)c(C)o1. The monoisotopic (exact) mass is 268 g/mol. The van der Waals surface area contributed by atoms with Crippen LogP contribution in [0.15, 0.2) is 10.5 Å². The maximum absolute atomic E-state index is 11.4. The summed E-state index contributed by atoms with van der Waals surface area (Å²) in [6.45, 7) is 4.49. The number of aromatic carboxylic acids is 1. The summed E-state index contributed by atoms with van der Waals surface area (Å²) in [5.74, 6) is -0.261. The van der Waals surface area contributed by atoms with Gasteiger partial charge in [0, 0.05) is 6.54 Å². The van der Waals surface area contributed by atoms with Gasteiger partial charge in [-0.2, -0.15) is 0 Å². The zero-order chi connectivity index (χ0) is 14.3. The fraction of sp³-hybridized carbons (Fsp3) is 0.538. The highest BCUT2D eigenvalue weighted by molar-refractivity contribution is 5.88. The lowest BCUT2D eigenvalue weighted by molar-refractivity contribution is 0.0695. The van der Waals surface area contributed by atoms with Gasteiger partial charge in [0.25, 0.3) is 0 Å². The number of unbranched alkanes of at least 4 members (excludes halogenated alkanes) is 2. The summed E-state index contributed by atoms with van der Waals surface area (Å²) in [6.07, 6.45) is 3.14. The lowest BCUT2D eigenvalue weighted by Crippen LogP contribution is -2.35. The van der Waals surface area contributed by atoms with Crippen LogP contribution in [0.5, 0.6) is 0 Å². The average molecular weight is 268 g/mol. The van der Waals surface area contributed by atoms with Crippen molar-refractivity contribution in [2.45, 2.75) is 39.7 Å². The molecular weight excluding hydrogens is 248 g/mol. The molecule has 0 saturated heterocycles. The Labute approximate surface area is 112 Å². The standard InChI is InChI=1S/C13H20N2O4/c1-3-4-5-6-14-13(18)15-8-10-7-11(12(16)17)9(2)19-10/h7H,3-6,8H2,1-2H3,(H,16,17)(H2,14,15,18). The largest absolute Gasteiger partial charge is 0.478 e. The number of rotatable bonds is 7. The number of urea groups is 1. The molecule has 0 aromatic carbocycles. The molecular formula is C13H20N2O4. The quantitative estimate of drug-likeness (QED) is 0.661. The van der Waals surface area contributed by atoms with E-state index in [0.29, 0.717) is 18.1 Å². The molecule has 19 heavy (non-hydrogen) atoms. The van der Waals surface area contributed by atoms with E-state index in [-0.39, 0.29) is 18.1 Å². The fourth-order valence-corrected chi connectivity index (χ4v) is 1.65. The number of carbonyl (C=O) groups excluding carboxylic acids is 1. The molecule has 0 radical (unpaired) electrons. The molecule has 2 amide bonds. The molecule has 1 aromatic heterocycles. The first-order valence-electron chi connectivity index (χ1n) is 6.39. The van der Waals surface area contributed by atoms with Gasteiger partial charge in [0.15, 0.2) is 0 Å². The van der Waals surface area contributed by atoms with E-state index >= 15 is 0 Å². The summed E-state index contributed by atoms with van der Waals surface area (Å²) in [5, 5.41) is 14.2. The van der Waals surface area contributed by atoms with Gasteiger partial charge in [0.05, 0.1) is 6.54 Å². The second kappa shape index (κ2) is 7.45. The summed E-state index contributed by atoms with van der Waals surface area (Å²) in [7, 11) is 0. The number of aryl methyl sites for hydroxylation is 1. The molecule has 0 atom stereocenters. The summed E-state index contributed by atoms with van der Waals surface area (Å²) in [5.41, 5.74) is 0.125. The normalized spacial score (nSPS) is 10.2. The molecule has 1 rings (SSSR count). The van der Waals surface area contributed by atoms with Crippen molar-refractivity contribution in [1.82, 2.24) is 10.6 Å². The molecule has 0 aliphatic heterocycles. The number of furan rings is 1. The van der Waals surface area contributed by atoms with Crippen LogP contribution in [0.4, 0.5) is 4.79 Å². The van der Waals surface area contributed by atoms with Gasteiger partial charge in [-0.15, -0.1) is 0 Å². The van der Waals surface area contributed by atoms with E-state index < -0.39 is 5.97 Å². The molecule has 106 valence electrons. The number of carbonyl (C=O) groups is 2. The molecule has 0 aliphatic rings.